The fourth-order valence-electron chi connectivity index (χ4n) is 3.30. The molecule has 1 heterocycles. The molecule has 1 N–H and O–H groups in total. The van der Waals surface area contributed by atoms with Crippen molar-refractivity contribution in [3.63, 3.8) is 0 Å². The number of rotatable bonds is 11. The van der Waals surface area contributed by atoms with Crippen LogP contribution in [0.1, 0.15) is 46.8 Å². The van der Waals surface area contributed by atoms with Gasteiger partial charge in [-0.05, 0) is 63.9 Å². The number of hydrogen-bond donors (Lipinski definition) is 1. The lowest BCUT2D eigenvalue weighted by atomic mass is 10.1. The number of hydrogen-bond acceptors (Lipinski definition) is 6. The van der Waals surface area contributed by atoms with Crippen LogP contribution in [0.15, 0.2) is 51.9 Å². The van der Waals surface area contributed by atoms with Crippen molar-refractivity contribution in [1.82, 2.24) is 10.5 Å². The Morgan fingerprint density at radius 1 is 1.06 bits per heavy atom. The number of carbonyl (C=O) groups excluding carboxylic acids is 1. The molecule has 0 unspecified atom stereocenters. The van der Waals surface area contributed by atoms with E-state index >= 15 is 0 Å². The maximum atomic E-state index is 12.9. The Balaban J connectivity index is 1.60. The van der Waals surface area contributed by atoms with Crippen LogP contribution in [0, 0.1) is 13.8 Å². The van der Waals surface area contributed by atoms with Crippen LogP contribution in [0.25, 0.3) is 0 Å². The molecule has 1 aromatic heterocycles. The number of nitrogens with one attached hydrogen (secondary N) is 1. The van der Waals surface area contributed by atoms with Gasteiger partial charge >= 0.3 is 0 Å². The Kier molecular flexibility index (Phi) is 8.62. The van der Waals surface area contributed by atoms with Gasteiger partial charge in [0.05, 0.1) is 24.5 Å². The third-order valence-corrected chi connectivity index (χ3v) is 6.09. The van der Waals surface area contributed by atoms with E-state index < -0.39 is 0 Å². The highest BCUT2D eigenvalue weighted by Crippen LogP contribution is 2.30. The van der Waals surface area contributed by atoms with E-state index in [1.54, 1.807) is 11.8 Å². The second-order valence-electron chi connectivity index (χ2n) is 7.24. The molecule has 1 amide bonds. The summed E-state index contributed by atoms with van der Waals surface area (Å²) in [6.45, 7) is 9.43. The predicted molar refractivity (Wildman–Crippen MR) is 127 cm³/mol. The number of nitrogens with zero attached hydrogens (tertiary/aromatic N) is 1. The molecular formula is C25H30N2O4S. The van der Waals surface area contributed by atoms with Crippen LogP contribution in [0.5, 0.6) is 11.5 Å². The normalized spacial score (nSPS) is 10.8. The van der Waals surface area contributed by atoms with Gasteiger partial charge in [0.1, 0.15) is 5.76 Å². The molecule has 0 aliphatic carbocycles. The maximum absolute atomic E-state index is 12.9. The van der Waals surface area contributed by atoms with Crippen molar-refractivity contribution in [1.29, 1.82) is 0 Å². The highest BCUT2D eigenvalue weighted by molar-refractivity contribution is 7.98. The number of amides is 1. The van der Waals surface area contributed by atoms with Gasteiger partial charge in [-0.3, -0.25) is 4.79 Å². The minimum absolute atomic E-state index is 0.0807. The molecule has 0 radical (unpaired) electrons. The lowest BCUT2D eigenvalue weighted by Gasteiger charge is -2.13. The minimum Gasteiger partial charge on any atom is -0.490 e. The van der Waals surface area contributed by atoms with Crippen molar-refractivity contribution >= 4 is 17.7 Å². The Hall–Kier alpha value is -2.93. The van der Waals surface area contributed by atoms with Crippen LogP contribution in [0.4, 0.5) is 0 Å². The number of carbonyl (C=O) groups is 1. The molecule has 0 saturated heterocycles. The Morgan fingerprint density at radius 3 is 2.53 bits per heavy atom. The summed E-state index contributed by atoms with van der Waals surface area (Å²) in [6.07, 6.45) is 0.701. The van der Waals surface area contributed by atoms with E-state index in [9.17, 15) is 4.79 Å². The lowest BCUT2D eigenvalue weighted by molar-refractivity contribution is 0.0951. The molecule has 0 spiro atoms. The second kappa shape index (κ2) is 11.6. The molecule has 6 nitrogen and oxygen atoms in total. The Bertz CT molecular complexity index is 1030. The summed E-state index contributed by atoms with van der Waals surface area (Å²) in [4.78, 5) is 13.8. The largest absolute Gasteiger partial charge is 0.490 e. The molecule has 3 aromatic rings. The van der Waals surface area contributed by atoms with Gasteiger partial charge in [-0.2, -0.15) is 0 Å². The first kappa shape index (κ1) is 23.7. The highest BCUT2D eigenvalue weighted by Gasteiger charge is 2.14. The molecule has 170 valence electrons. The monoisotopic (exact) mass is 454 g/mol. The van der Waals surface area contributed by atoms with E-state index in [4.69, 9.17) is 14.0 Å². The van der Waals surface area contributed by atoms with Crippen LogP contribution in [-0.4, -0.2) is 30.8 Å². The van der Waals surface area contributed by atoms with Crippen molar-refractivity contribution < 1.29 is 18.8 Å². The number of aryl methyl sites for hydroxylation is 2. The maximum Gasteiger partial charge on any atom is 0.252 e. The van der Waals surface area contributed by atoms with Gasteiger partial charge in [-0.15, -0.1) is 11.8 Å². The summed E-state index contributed by atoms with van der Waals surface area (Å²) in [5.74, 6) is 2.92. The van der Waals surface area contributed by atoms with Gasteiger partial charge in [-0.25, -0.2) is 0 Å². The first-order chi connectivity index (χ1) is 15.5. The van der Waals surface area contributed by atoms with E-state index in [2.05, 4.69) is 10.5 Å². The molecule has 2 aromatic carbocycles. The number of benzene rings is 2. The number of aromatic nitrogens is 1. The van der Waals surface area contributed by atoms with Crippen molar-refractivity contribution in [2.24, 2.45) is 0 Å². The standard InChI is InChI=1S/C25H30N2O4S/c1-5-29-22-12-11-19(15-23(22)30-6-2)13-14-26-25(28)20-9-7-8-10-24(20)32-16-21-17(3)27-31-18(21)4/h7-12,15H,5-6,13-14,16H2,1-4H3,(H,26,28). The molecule has 3 rings (SSSR count). The SMILES string of the molecule is CCOc1ccc(CCNC(=O)c2ccccc2SCc2c(C)noc2C)cc1OCC. The molecule has 0 aliphatic rings. The lowest BCUT2D eigenvalue weighted by Crippen LogP contribution is -2.26. The fraction of sp³-hybridized carbons (Fsp3) is 0.360. The summed E-state index contributed by atoms with van der Waals surface area (Å²) >= 11 is 1.61. The average molecular weight is 455 g/mol. The van der Waals surface area contributed by atoms with Crippen molar-refractivity contribution in [2.45, 2.75) is 44.8 Å². The zero-order chi connectivity index (χ0) is 22.9. The Labute approximate surface area is 193 Å². The van der Waals surface area contributed by atoms with Gasteiger partial charge in [0.25, 0.3) is 5.91 Å². The average Bonchev–Trinajstić information content (AvgIpc) is 3.11. The summed E-state index contributed by atoms with van der Waals surface area (Å²) in [5.41, 5.74) is 3.72. The first-order valence-corrected chi connectivity index (χ1v) is 11.8. The highest BCUT2D eigenvalue weighted by atomic mass is 32.2. The van der Waals surface area contributed by atoms with E-state index in [-0.39, 0.29) is 5.91 Å². The molecule has 0 atom stereocenters. The Morgan fingerprint density at radius 2 is 1.81 bits per heavy atom. The minimum atomic E-state index is -0.0807. The van der Waals surface area contributed by atoms with Gasteiger partial charge in [0.15, 0.2) is 11.5 Å². The summed E-state index contributed by atoms with van der Waals surface area (Å²) in [6, 6.07) is 13.6. The molecule has 0 aliphatic heterocycles. The van der Waals surface area contributed by atoms with Crippen LogP contribution >= 0.6 is 11.8 Å². The van der Waals surface area contributed by atoms with Crippen LogP contribution in [0.3, 0.4) is 0 Å². The van der Waals surface area contributed by atoms with E-state index in [0.717, 1.165) is 39.0 Å². The third kappa shape index (κ3) is 6.07. The molecule has 0 saturated carbocycles. The van der Waals surface area contributed by atoms with Crippen LogP contribution in [-0.2, 0) is 12.2 Å². The first-order valence-electron chi connectivity index (χ1n) is 10.8. The zero-order valence-electron chi connectivity index (χ0n) is 19.1. The number of thioether (sulfide) groups is 1. The molecule has 32 heavy (non-hydrogen) atoms. The summed E-state index contributed by atoms with van der Waals surface area (Å²) in [5, 5.41) is 7.04. The molecular weight excluding hydrogens is 424 g/mol. The zero-order valence-corrected chi connectivity index (χ0v) is 19.9. The third-order valence-electron chi connectivity index (χ3n) is 4.99. The number of ether oxygens (including phenoxy) is 2. The van der Waals surface area contributed by atoms with Crippen molar-refractivity contribution in [3.8, 4) is 11.5 Å². The van der Waals surface area contributed by atoms with Crippen molar-refractivity contribution in [2.75, 3.05) is 19.8 Å². The van der Waals surface area contributed by atoms with Crippen LogP contribution in [0.2, 0.25) is 0 Å². The quantitative estimate of drug-likeness (QED) is 0.394. The van der Waals surface area contributed by atoms with Gasteiger partial charge in [0, 0.05) is 22.8 Å². The summed E-state index contributed by atoms with van der Waals surface area (Å²) in [7, 11) is 0. The van der Waals surface area contributed by atoms with Gasteiger partial charge in [-0.1, -0.05) is 23.4 Å². The van der Waals surface area contributed by atoms with E-state index in [1.165, 1.54) is 0 Å². The second-order valence-corrected chi connectivity index (χ2v) is 8.26. The molecule has 0 bridgehead atoms. The van der Waals surface area contributed by atoms with E-state index in [0.29, 0.717) is 37.5 Å². The van der Waals surface area contributed by atoms with Gasteiger partial charge < -0.3 is 19.3 Å². The summed E-state index contributed by atoms with van der Waals surface area (Å²) < 4.78 is 16.5. The van der Waals surface area contributed by atoms with Crippen molar-refractivity contribution in [3.05, 3.63) is 70.6 Å². The molecule has 7 heteroatoms. The predicted octanol–water partition coefficient (Wildman–Crippen LogP) is 5.35. The fourth-order valence-corrected chi connectivity index (χ4v) is 4.51. The van der Waals surface area contributed by atoms with Crippen LogP contribution < -0.4 is 14.8 Å². The van der Waals surface area contributed by atoms with E-state index in [1.807, 2.05) is 70.2 Å². The molecule has 0 fully saturated rings. The topological polar surface area (TPSA) is 73.6 Å². The smallest absolute Gasteiger partial charge is 0.252 e. The van der Waals surface area contributed by atoms with Gasteiger partial charge in [0.2, 0.25) is 0 Å².